The Morgan fingerprint density at radius 3 is 2.76 bits per heavy atom. The summed E-state index contributed by atoms with van der Waals surface area (Å²) >= 11 is 0. The summed E-state index contributed by atoms with van der Waals surface area (Å²) in [5.41, 5.74) is 1.47. The van der Waals surface area contributed by atoms with Crippen LogP contribution in [0.5, 0.6) is 11.5 Å². The van der Waals surface area contributed by atoms with Gasteiger partial charge in [-0.2, -0.15) is 0 Å². The first-order valence-electron chi connectivity index (χ1n) is 4.92. The molecule has 0 saturated carbocycles. The second kappa shape index (κ2) is 4.69. The van der Waals surface area contributed by atoms with E-state index in [0.717, 1.165) is 0 Å². The lowest BCUT2D eigenvalue weighted by Crippen LogP contribution is -1.94. The Morgan fingerprint density at radius 1 is 1.29 bits per heavy atom. The normalized spacial score (nSPS) is 10.0. The Kier molecular flexibility index (Phi) is 3.09. The van der Waals surface area contributed by atoms with Gasteiger partial charge in [0, 0.05) is 0 Å². The van der Waals surface area contributed by atoms with Gasteiger partial charge in [-0.1, -0.05) is 11.2 Å². The van der Waals surface area contributed by atoms with Crippen molar-refractivity contribution in [2.75, 3.05) is 14.2 Å². The van der Waals surface area contributed by atoms with Gasteiger partial charge in [0.2, 0.25) is 0 Å². The van der Waals surface area contributed by atoms with E-state index in [2.05, 4.69) is 5.16 Å². The molecule has 0 aliphatic heterocycles. The molecule has 88 valence electrons. The minimum Gasteiger partial charge on any atom is -0.493 e. The van der Waals surface area contributed by atoms with Crippen molar-refractivity contribution in [1.29, 1.82) is 0 Å². The van der Waals surface area contributed by atoms with Gasteiger partial charge in [0.1, 0.15) is 12.0 Å². The van der Waals surface area contributed by atoms with E-state index in [1.54, 1.807) is 25.3 Å². The molecule has 5 heteroatoms. The van der Waals surface area contributed by atoms with Crippen molar-refractivity contribution in [2.45, 2.75) is 0 Å². The van der Waals surface area contributed by atoms with E-state index in [-0.39, 0.29) is 0 Å². The molecule has 0 aliphatic carbocycles. The van der Waals surface area contributed by atoms with Crippen LogP contribution in [-0.2, 0) is 0 Å². The molecule has 0 radical (unpaired) electrons. The summed E-state index contributed by atoms with van der Waals surface area (Å²) in [7, 11) is 3.08. The maximum atomic E-state index is 10.8. The van der Waals surface area contributed by atoms with Gasteiger partial charge in [-0.25, -0.2) is 0 Å². The molecular weight excluding hydrogens is 222 g/mol. The lowest BCUT2D eigenvalue weighted by Gasteiger charge is -2.10. The smallest absolute Gasteiger partial charge is 0.170 e. The molecule has 0 aliphatic rings. The Morgan fingerprint density at radius 2 is 2.12 bits per heavy atom. The standard InChI is InChI=1S/C12H11NO4/c1-15-10-5-3-4-9(12(10)16-2)11-8(6-14)7-17-13-11/h3-7H,1-2H3. The van der Waals surface area contributed by atoms with Crippen LogP contribution in [0.2, 0.25) is 0 Å². The molecule has 0 bridgehead atoms. The third kappa shape index (κ3) is 1.87. The highest BCUT2D eigenvalue weighted by atomic mass is 16.5. The molecule has 1 aromatic heterocycles. The Hall–Kier alpha value is -2.30. The summed E-state index contributed by atoms with van der Waals surface area (Å²) < 4.78 is 15.2. The highest BCUT2D eigenvalue weighted by Gasteiger charge is 2.17. The zero-order valence-corrected chi connectivity index (χ0v) is 9.47. The minimum atomic E-state index is 0.372. The van der Waals surface area contributed by atoms with Crippen molar-refractivity contribution in [1.82, 2.24) is 5.16 Å². The number of ether oxygens (including phenoxy) is 2. The highest BCUT2D eigenvalue weighted by molar-refractivity contribution is 5.87. The Balaban J connectivity index is 2.63. The molecule has 2 rings (SSSR count). The molecule has 1 heterocycles. The van der Waals surface area contributed by atoms with E-state index in [1.165, 1.54) is 13.4 Å². The molecule has 2 aromatic rings. The van der Waals surface area contributed by atoms with Gasteiger partial charge in [0.25, 0.3) is 0 Å². The first kappa shape index (κ1) is 11.2. The number of hydrogen-bond donors (Lipinski definition) is 0. The largest absolute Gasteiger partial charge is 0.493 e. The lowest BCUT2D eigenvalue weighted by atomic mass is 10.1. The van der Waals surface area contributed by atoms with Crippen LogP contribution in [0.25, 0.3) is 11.3 Å². The fraction of sp³-hybridized carbons (Fsp3) is 0.167. The van der Waals surface area contributed by atoms with E-state index in [9.17, 15) is 4.79 Å². The van der Waals surface area contributed by atoms with Crippen LogP contribution in [0.4, 0.5) is 0 Å². The second-order valence-corrected chi connectivity index (χ2v) is 3.28. The lowest BCUT2D eigenvalue weighted by molar-refractivity contribution is 0.112. The molecule has 0 spiro atoms. The molecule has 0 saturated heterocycles. The zero-order chi connectivity index (χ0) is 12.3. The van der Waals surface area contributed by atoms with E-state index in [0.29, 0.717) is 34.6 Å². The molecular formula is C12H11NO4. The number of carbonyl (C=O) groups is 1. The molecule has 17 heavy (non-hydrogen) atoms. The number of rotatable bonds is 4. The molecule has 0 unspecified atom stereocenters. The summed E-state index contributed by atoms with van der Waals surface area (Å²) in [4.78, 5) is 10.8. The number of aromatic nitrogens is 1. The Bertz CT molecular complexity index is 533. The van der Waals surface area contributed by atoms with Gasteiger partial charge in [-0.05, 0) is 12.1 Å². The van der Waals surface area contributed by atoms with Crippen molar-refractivity contribution in [3.8, 4) is 22.8 Å². The average molecular weight is 233 g/mol. The number of hydrogen-bond acceptors (Lipinski definition) is 5. The van der Waals surface area contributed by atoms with Gasteiger partial charge >= 0.3 is 0 Å². The maximum absolute atomic E-state index is 10.8. The first-order valence-corrected chi connectivity index (χ1v) is 4.92. The predicted molar refractivity (Wildman–Crippen MR) is 60.4 cm³/mol. The number of aldehydes is 1. The van der Waals surface area contributed by atoms with Crippen molar-refractivity contribution in [3.63, 3.8) is 0 Å². The topological polar surface area (TPSA) is 61.6 Å². The maximum Gasteiger partial charge on any atom is 0.170 e. The number of nitrogens with zero attached hydrogens (tertiary/aromatic N) is 1. The molecule has 0 amide bonds. The van der Waals surface area contributed by atoms with Gasteiger partial charge in [0.15, 0.2) is 17.8 Å². The quantitative estimate of drug-likeness (QED) is 0.757. The van der Waals surface area contributed by atoms with Gasteiger partial charge in [-0.3, -0.25) is 4.79 Å². The fourth-order valence-corrected chi connectivity index (χ4v) is 1.61. The van der Waals surface area contributed by atoms with Gasteiger partial charge in [0.05, 0.1) is 25.3 Å². The molecule has 0 atom stereocenters. The summed E-state index contributed by atoms with van der Waals surface area (Å²) in [5.74, 6) is 1.09. The average Bonchev–Trinajstić information content (AvgIpc) is 2.85. The van der Waals surface area contributed by atoms with Crippen LogP contribution in [0.1, 0.15) is 10.4 Å². The summed E-state index contributed by atoms with van der Waals surface area (Å²) in [6.07, 6.45) is 1.98. The summed E-state index contributed by atoms with van der Waals surface area (Å²) in [5, 5.41) is 3.80. The van der Waals surface area contributed by atoms with E-state index in [4.69, 9.17) is 14.0 Å². The number of para-hydroxylation sites is 1. The molecule has 5 nitrogen and oxygen atoms in total. The minimum absolute atomic E-state index is 0.372. The van der Waals surface area contributed by atoms with Crippen LogP contribution in [0, 0.1) is 0 Å². The van der Waals surface area contributed by atoms with Crippen LogP contribution in [0.15, 0.2) is 29.0 Å². The van der Waals surface area contributed by atoms with E-state index < -0.39 is 0 Å². The number of benzene rings is 1. The van der Waals surface area contributed by atoms with E-state index >= 15 is 0 Å². The van der Waals surface area contributed by atoms with E-state index in [1.807, 2.05) is 0 Å². The molecule has 0 fully saturated rings. The predicted octanol–water partition coefficient (Wildman–Crippen LogP) is 2.17. The first-order chi connectivity index (χ1) is 8.31. The van der Waals surface area contributed by atoms with Crippen LogP contribution < -0.4 is 9.47 Å². The Labute approximate surface area is 97.9 Å². The van der Waals surface area contributed by atoms with Crippen molar-refractivity contribution < 1.29 is 18.8 Å². The summed E-state index contributed by atoms with van der Waals surface area (Å²) in [6.45, 7) is 0. The zero-order valence-electron chi connectivity index (χ0n) is 9.47. The third-order valence-electron chi connectivity index (χ3n) is 2.38. The van der Waals surface area contributed by atoms with Crippen LogP contribution in [-0.4, -0.2) is 25.7 Å². The monoisotopic (exact) mass is 233 g/mol. The van der Waals surface area contributed by atoms with Crippen LogP contribution in [0.3, 0.4) is 0 Å². The van der Waals surface area contributed by atoms with Crippen molar-refractivity contribution >= 4 is 6.29 Å². The number of methoxy groups -OCH3 is 2. The van der Waals surface area contributed by atoms with Crippen molar-refractivity contribution in [2.24, 2.45) is 0 Å². The molecule has 0 N–H and O–H groups in total. The van der Waals surface area contributed by atoms with Crippen molar-refractivity contribution in [3.05, 3.63) is 30.0 Å². The highest BCUT2D eigenvalue weighted by Crippen LogP contribution is 2.37. The third-order valence-corrected chi connectivity index (χ3v) is 2.38. The van der Waals surface area contributed by atoms with Gasteiger partial charge in [-0.15, -0.1) is 0 Å². The summed E-state index contributed by atoms with van der Waals surface area (Å²) in [6, 6.07) is 5.34. The van der Waals surface area contributed by atoms with Gasteiger partial charge < -0.3 is 14.0 Å². The number of carbonyl (C=O) groups excluding carboxylic acids is 1. The fourth-order valence-electron chi connectivity index (χ4n) is 1.61. The molecule has 1 aromatic carbocycles. The van der Waals surface area contributed by atoms with Crippen LogP contribution >= 0.6 is 0 Å². The SMILES string of the molecule is COc1cccc(-c2nocc2C=O)c1OC. The second-order valence-electron chi connectivity index (χ2n) is 3.28.